The van der Waals surface area contributed by atoms with Gasteiger partial charge in [0.15, 0.2) is 0 Å². The monoisotopic (exact) mass is 712 g/mol. The summed E-state index contributed by atoms with van der Waals surface area (Å²) in [6.07, 6.45) is 4.56. The molecule has 4 aromatic rings. The fraction of sp³-hybridized carbons (Fsp3) is 0.395. The molecule has 0 unspecified atom stereocenters. The lowest BCUT2D eigenvalue weighted by molar-refractivity contribution is -0.119. The van der Waals surface area contributed by atoms with Crippen LogP contribution in [0.2, 0.25) is 5.02 Å². The summed E-state index contributed by atoms with van der Waals surface area (Å²) in [6.45, 7) is 5.04. The Balaban J connectivity index is 1.18. The van der Waals surface area contributed by atoms with E-state index in [-0.39, 0.29) is 29.6 Å². The number of aromatic nitrogens is 3. The van der Waals surface area contributed by atoms with E-state index < -0.39 is 23.3 Å². The Morgan fingerprint density at radius 3 is 2.61 bits per heavy atom. The van der Waals surface area contributed by atoms with Crippen LogP contribution in [-0.4, -0.2) is 67.8 Å². The van der Waals surface area contributed by atoms with Gasteiger partial charge in [0.25, 0.3) is 11.5 Å². The molecule has 3 aliphatic rings. The molecule has 2 aromatic heterocycles. The second-order valence-corrected chi connectivity index (χ2v) is 14.4. The Kier molecular flexibility index (Phi) is 9.11. The van der Waals surface area contributed by atoms with E-state index in [2.05, 4.69) is 21.6 Å². The van der Waals surface area contributed by atoms with Crippen LogP contribution < -0.4 is 26.6 Å². The zero-order valence-electron chi connectivity index (χ0n) is 29.1. The van der Waals surface area contributed by atoms with Gasteiger partial charge in [0.1, 0.15) is 5.56 Å². The normalized spacial score (nSPS) is 20.4. The van der Waals surface area contributed by atoms with Gasteiger partial charge in [-0.1, -0.05) is 41.9 Å². The van der Waals surface area contributed by atoms with E-state index >= 15 is 0 Å². The number of aliphatic hydroxyl groups excluding tert-OH is 1. The van der Waals surface area contributed by atoms with Gasteiger partial charge in [-0.3, -0.25) is 28.4 Å². The van der Waals surface area contributed by atoms with Gasteiger partial charge in [0.05, 0.1) is 36.0 Å². The van der Waals surface area contributed by atoms with Gasteiger partial charge in [0, 0.05) is 61.2 Å². The summed E-state index contributed by atoms with van der Waals surface area (Å²) in [5.41, 5.74) is 4.71. The van der Waals surface area contributed by atoms with Crippen LogP contribution in [0.25, 0.3) is 22.4 Å². The maximum Gasteiger partial charge on any atom is 0.330 e. The molecule has 2 saturated heterocycles. The van der Waals surface area contributed by atoms with Crippen molar-refractivity contribution in [2.75, 3.05) is 25.5 Å². The van der Waals surface area contributed by atoms with Crippen molar-refractivity contribution >= 4 is 29.1 Å². The van der Waals surface area contributed by atoms with Crippen molar-refractivity contribution in [1.29, 1.82) is 0 Å². The van der Waals surface area contributed by atoms with Crippen molar-refractivity contribution in [3.05, 3.63) is 96.8 Å². The number of hydrogen-bond donors (Lipinski definition) is 3. The van der Waals surface area contributed by atoms with E-state index in [1.807, 2.05) is 31.2 Å². The first kappa shape index (κ1) is 34.7. The number of pyridine rings is 1. The maximum atomic E-state index is 13.4. The molecule has 0 bridgehead atoms. The lowest BCUT2D eigenvalue weighted by atomic mass is 9.96. The minimum absolute atomic E-state index is 0.0674. The molecule has 2 aliphatic heterocycles. The summed E-state index contributed by atoms with van der Waals surface area (Å²) >= 11 is 7.17. The first-order valence-corrected chi connectivity index (χ1v) is 17.6. The fourth-order valence-corrected chi connectivity index (χ4v) is 8.30. The van der Waals surface area contributed by atoms with Crippen molar-refractivity contribution in [1.82, 2.24) is 24.3 Å². The molecule has 2 aromatic carbocycles. The SMILES string of the molecule is COc1nc(-c2cccc(-c3cccc(NC(=O)c4cn(C[C@H](C)O)c(=O)n(C)c4=O)c3C)c2Cl)cc2c1[C@@H](N1CC[C@]3(CCC(=O)N3)C1)CC2. The number of nitrogens with zero attached hydrogens (tertiary/aromatic N) is 4. The highest BCUT2D eigenvalue weighted by atomic mass is 35.5. The molecule has 51 heavy (non-hydrogen) atoms. The highest BCUT2D eigenvalue weighted by Gasteiger charge is 2.46. The number of nitrogens with one attached hydrogen (secondary N) is 2. The van der Waals surface area contributed by atoms with Gasteiger partial charge >= 0.3 is 5.69 Å². The first-order chi connectivity index (χ1) is 24.4. The maximum absolute atomic E-state index is 13.4. The van der Waals surface area contributed by atoms with Crippen LogP contribution in [0.1, 0.15) is 65.7 Å². The van der Waals surface area contributed by atoms with Crippen LogP contribution in [0.15, 0.2) is 58.3 Å². The summed E-state index contributed by atoms with van der Waals surface area (Å²) < 4.78 is 7.91. The van der Waals surface area contributed by atoms with E-state index in [0.29, 0.717) is 28.7 Å². The second kappa shape index (κ2) is 13.4. The quantitative estimate of drug-likeness (QED) is 0.246. The molecule has 2 amide bonds. The van der Waals surface area contributed by atoms with Crippen LogP contribution in [0.5, 0.6) is 5.88 Å². The first-order valence-electron chi connectivity index (χ1n) is 17.2. The molecule has 266 valence electrons. The van der Waals surface area contributed by atoms with Gasteiger partial charge < -0.3 is 20.5 Å². The number of benzene rings is 2. The number of halogens is 1. The number of anilines is 1. The Hall–Kier alpha value is -4.78. The summed E-state index contributed by atoms with van der Waals surface area (Å²) in [7, 11) is 2.94. The van der Waals surface area contributed by atoms with Crippen molar-refractivity contribution in [3.63, 3.8) is 0 Å². The Bertz CT molecular complexity index is 2190. The highest BCUT2D eigenvalue weighted by Crippen LogP contribution is 2.47. The van der Waals surface area contributed by atoms with Crippen LogP contribution in [0.3, 0.4) is 0 Å². The third-order valence-electron chi connectivity index (χ3n) is 10.6. The number of likely N-dealkylation sites (tertiary alicyclic amines) is 1. The zero-order valence-corrected chi connectivity index (χ0v) is 29.8. The van der Waals surface area contributed by atoms with Gasteiger partial charge in [0.2, 0.25) is 11.8 Å². The Morgan fingerprint density at radius 2 is 1.88 bits per heavy atom. The van der Waals surface area contributed by atoms with Crippen molar-refractivity contribution in [2.24, 2.45) is 7.05 Å². The number of methoxy groups -OCH3 is 1. The predicted octanol–water partition coefficient (Wildman–Crippen LogP) is 4.22. The number of ether oxygens (including phenoxy) is 1. The number of amides is 2. The molecule has 1 aliphatic carbocycles. The topological polar surface area (TPSA) is 148 Å². The van der Waals surface area contributed by atoms with Crippen LogP contribution in [0.4, 0.5) is 5.69 Å². The molecule has 7 rings (SSSR count). The van der Waals surface area contributed by atoms with Crippen LogP contribution in [-0.2, 0) is 24.8 Å². The number of carbonyl (C=O) groups excluding carboxylic acids is 2. The van der Waals surface area contributed by atoms with Crippen molar-refractivity contribution < 1.29 is 19.4 Å². The summed E-state index contributed by atoms with van der Waals surface area (Å²) in [5, 5.41) is 16.4. The summed E-state index contributed by atoms with van der Waals surface area (Å²) in [4.78, 5) is 58.3. The van der Waals surface area contributed by atoms with Gasteiger partial charge in [-0.15, -0.1) is 0 Å². The molecule has 0 radical (unpaired) electrons. The highest BCUT2D eigenvalue weighted by molar-refractivity contribution is 6.36. The average Bonchev–Trinajstić information content (AvgIpc) is 3.83. The number of fused-ring (bicyclic) bond motifs is 1. The third kappa shape index (κ3) is 6.25. The number of hydrogen-bond acceptors (Lipinski definition) is 8. The predicted molar refractivity (Wildman–Crippen MR) is 194 cm³/mol. The number of aryl methyl sites for hydroxylation is 1. The fourth-order valence-electron chi connectivity index (χ4n) is 7.98. The molecule has 4 heterocycles. The van der Waals surface area contributed by atoms with Crippen molar-refractivity contribution in [3.8, 4) is 28.3 Å². The van der Waals surface area contributed by atoms with E-state index in [0.717, 1.165) is 75.7 Å². The minimum Gasteiger partial charge on any atom is -0.481 e. The molecule has 0 saturated carbocycles. The van der Waals surface area contributed by atoms with E-state index in [9.17, 15) is 24.3 Å². The van der Waals surface area contributed by atoms with Crippen LogP contribution >= 0.6 is 11.6 Å². The van der Waals surface area contributed by atoms with Gasteiger partial charge in [-0.25, -0.2) is 9.78 Å². The zero-order chi connectivity index (χ0) is 36.2. The molecule has 12 nitrogen and oxygen atoms in total. The lowest BCUT2D eigenvalue weighted by Crippen LogP contribution is -2.44. The van der Waals surface area contributed by atoms with Gasteiger partial charge in [-0.05, 0) is 68.4 Å². The smallest absolute Gasteiger partial charge is 0.330 e. The molecule has 2 fully saturated rings. The molecular weight excluding hydrogens is 672 g/mol. The number of carbonyl (C=O) groups is 2. The Morgan fingerprint density at radius 1 is 1.14 bits per heavy atom. The molecular formula is C38H41ClN6O6. The number of aliphatic hydroxyl groups is 1. The third-order valence-corrected chi connectivity index (χ3v) is 11.0. The molecule has 3 N–H and O–H groups in total. The van der Waals surface area contributed by atoms with E-state index in [4.69, 9.17) is 21.3 Å². The van der Waals surface area contributed by atoms with Crippen LogP contribution in [0, 0.1) is 6.92 Å². The van der Waals surface area contributed by atoms with Gasteiger partial charge in [-0.2, -0.15) is 0 Å². The summed E-state index contributed by atoms with van der Waals surface area (Å²) in [6, 6.07) is 13.5. The average molecular weight is 713 g/mol. The minimum atomic E-state index is -0.855. The molecule has 13 heteroatoms. The van der Waals surface area contributed by atoms with E-state index in [1.165, 1.54) is 25.7 Å². The standard InChI is InChI=1S/C38H41ClN6O6/c1-21(46)18-45-19-27(36(49)43(3)37(45)50)34(48)40-28-10-6-7-24(22(28)2)25-8-5-9-26(33(25)39)29-17-23-11-12-30(32(23)35(41-29)51-4)44-16-15-38(20-44)14-13-31(47)42-38/h5-10,17,19,21,30,46H,11-16,18,20H2,1-4H3,(H,40,48)(H,42,47)/t21-,30-,38+/m0/s1. The largest absolute Gasteiger partial charge is 0.481 e. The van der Waals surface area contributed by atoms with Crippen molar-refractivity contribution in [2.45, 2.75) is 70.2 Å². The lowest BCUT2D eigenvalue weighted by Gasteiger charge is -2.28. The molecule has 1 spiro atoms. The summed E-state index contributed by atoms with van der Waals surface area (Å²) in [5.74, 6) is 0.0364. The molecule has 3 atom stereocenters. The second-order valence-electron chi connectivity index (χ2n) is 14.0. The Labute approximate surface area is 300 Å². The van der Waals surface area contributed by atoms with E-state index in [1.54, 1.807) is 19.2 Å². The number of rotatable bonds is 8.